The van der Waals surface area contributed by atoms with Gasteiger partial charge in [0, 0.05) is 18.0 Å². The molecule has 1 heterocycles. The number of amides is 2. The van der Waals surface area contributed by atoms with Crippen molar-refractivity contribution in [3.8, 4) is 21.9 Å². The van der Waals surface area contributed by atoms with Crippen LogP contribution in [0.25, 0.3) is 10.4 Å². The van der Waals surface area contributed by atoms with E-state index in [-0.39, 0.29) is 16.6 Å². The second-order valence-corrected chi connectivity index (χ2v) is 8.58. The Morgan fingerprint density at radius 3 is 2.15 bits per heavy atom. The van der Waals surface area contributed by atoms with Crippen LogP contribution >= 0.6 is 11.3 Å². The smallest absolute Gasteiger partial charge is 0.348 e. The maximum Gasteiger partial charge on any atom is 0.348 e. The van der Waals surface area contributed by atoms with Crippen LogP contribution in [0, 0.1) is 0 Å². The molecule has 172 valence electrons. The fourth-order valence-electron chi connectivity index (χ4n) is 3.42. The summed E-state index contributed by atoms with van der Waals surface area (Å²) in [7, 11) is 0. The molecule has 1 aromatic heterocycles. The molecule has 0 bridgehead atoms. The summed E-state index contributed by atoms with van der Waals surface area (Å²) >= 11 is 1.12. The highest BCUT2D eigenvalue weighted by Gasteiger charge is 2.20. The molecule has 0 fully saturated rings. The van der Waals surface area contributed by atoms with Crippen molar-refractivity contribution in [3.05, 3.63) is 101 Å². The van der Waals surface area contributed by atoms with E-state index in [1.807, 2.05) is 91.9 Å². The van der Waals surface area contributed by atoms with Gasteiger partial charge in [0.15, 0.2) is 0 Å². The van der Waals surface area contributed by atoms with Crippen LogP contribution < -0.4 is 10.1 Å². The largest absolute Gasteiger partial charge is 0.477 e. The Labute approximate surface area is 202 Å². The molecular formula is C27H24N2O4S. The first-order valence-electron chi connectivity index (χ1n) is 10.8. The molecule has 34 heavy (non-hydrogen) atoms. The van der Waals surface area contributed by atoms with Crippen LogP contribution in [0.5, 0.6) is 11.5 Å². The van der Waals surface area contributed by atoms with Gasteiger partial charge in [-0.3, -0.25) is 0 Å². The van der Waals surface area contributed by atoms with E-state index in [9.17, 15) is 14.7 Å². The van der Waals surface area contributed by atoms with Crippen LogP contribution in [-0.4, -0.2) is 28.6 Å². The number of nitrogens with zero attached hydrogens (tertiary/aromatic N) is 1. The number of nitrogens with one attached hydrogen (secondary N) is 1. The van der Waals surface area contributed by atoms with Crippen LogP contribution in [0.1, 0.15) is 22.2 Å². The lowest BCUT2D eigenvalue weighted by Gasteiger charge is -2.21. The van der Waals surface area contributed by atoms with Gasteiger partial charge in [0.1, 0.15) is 16.4 Å². The molecule has 0 spiro atoms. The number of carboxylic acids is 1. The predicted molar refractivity (Wildman–Crippen MR) is 135 cm³/mol. The number of urea groups is 1. The van der Waals surface area contributed by atoms with Crippen LogP contribution in [0.3, 0.4) is 0 Å². The van der Waals surface area contributed by atoms with Crippen molar-refractivity contribution in [1.29, 1.82) is 0 Å². The van der Waals surface area contributed by atoms with E-state index in [2.05, 4.69) is 5.32 Å². The monoisotopic (exact) mass is 472 g/mol. The van der Waals surface area contributed by atoms with Crippen LogP contribution in [0.4, 0.5) is 10.5 Å². The molecular weight excluding hydrogens is 448 g/mol. The lowest BCUT2D eigenvalue weighted by molar-refractivity contribution is 0.0703. The summed E-state index contributed by atoms with van der Waals surface area (Å²) in [5, 5.41) is 12.5. The first kappa shape index (κ1) is 23.1. The molecule has 0 aliphatic rings. The first-order chi connectivity index (χ1) is 16.5. The third-order valence-electron chi connectivity index (χ3n) is 5.17. The Morgan fingerprint density at radius 2 is 1.53 bits per heavy atom. The van der Waals surface area contributed by atoms with E-state index in [1.54, 1.807) is 11.0 Å². The lowest BCUT2D eigenvalue weighted by atomic mass is 10.2. The number of rotatable bonds is 8. The minimum Gasteiger partial charge on any atom is -0.477 e. The number of para-hydroxylation sites is 1. The van der Waals surface area contributed by atoms with Gasteiger partial charge >= 0.3 is 12.0 Å². The van der Waals surface area contributed by atoms with Crippen molar-refractivity contribution in [1.82, 2.24) is 4.90 Å². The molecule has 2 N–H and O–H groups in total. The highest BCUT2D eigenvalue weighted by Crippen LogP contribution is 2.36. The maximum absolute atomic E-state index is 12.9. The number of carboxylic acid groups (broad SMARTS) is 1. The van der Waals surface area contributed by atoms with Gasteiger partial charge in [0.05, 0.1) is 5.69 Å². The van der Waals surface area contributed by atoms with E-state index < -0.39 is 5.97 Å². The van der Waals surface area contributed by atoms with Crippen molar-refractivity contribution in [2.75, 3.05) is 11.9 Å². The summed E-state index contributed by atoms with van der Waals surface area (Å²) in [4.78, 5) is 27.2. The molecule has 7 heteroatoms. The number of carbonyl (C=O) groups is 2. The van der Waals surface area contributed by atoms with E-state index in [1.165, 1.54) is 0 Å². The number of ether oxygens (including phenoxy) is 1. The van der Waals surface area contributed by atoms with Crippen LogP contribution in [0.15, 0.2) is 91.0 Å². The van der Waals surface area contributed by atoms with E-state index in [0.29, 0.717) is 18.8 Å². The molecule has 3 aromatic carbocycles. The second-order valence-electron chi connectivity index (χ2n) is 7.53. The van der Waals surface area contributed by atoms with Crippen molar-refractivity contribution >= 4 is 29.0 Å². The van der Waals surface area contributed by atoms with Crippen molar-refractivity contribution in [3.63, 3.8) is 0 Å². The fourth-order valence-corrected chi connectivity index (χ4v) is 4.38. The third-order valence-corrected chi connectivity index (χ3v) is 6.34. The molecule has 6 nitrogen and oxygen atoms in total. The minimum atomic E-state index is -1.08. The zero-order valence-corrected chi connectivity index (χ0v) is 19.4. The molecule has 4 aromatic rings. The zero-order valence-electron chi connectivity index (χ0n) is 18.6. The predicted octanol–water partition coefficient (Wildman–Crippen LogP) is 6.96. The molecule has 0 saturated heterocycles. The molecule has 2 amide bonds. The average Bonchev–Trinajstić information content (AvgIpc) is 3.28. The fraction of sp³-hybridized carbons (Fsp3) is 0.111. The van der Waals surface area contributed by atoms with Gasteiger partial charge in [0.25, 0.3) is 0 Å². The van der Waals surface area contributed by atoms with Gasteiger partial charge in [0.2, 0.25) is 0 Å². The third kappa shape index (κ3) is 5.63. The Kier molecular flexibility index (Phi) is 7.25. The van der Waals surface area contributed by atoms with Crippen molar-refractivity contribution < 1.29 is 19.4 Å². The molecule has 0 atom stereocenters. The van der Waals surface area contributed by atoms with E-state index in [4.69, 9.17) is 4.74 Å². The number of benzene rings is 3. The standard InChI is InChI=1S/C27H24N2O4S/c1-2-29(18-19-9-5-3-6-10-19)27(32)28-23-17-24(34-25(23)26(30)31)20-13-15-22(16-14-20)33-21-11-7-4-8-12-21/h3-17H,2,18H2,1H3,(H,28,32)(H,30,31). The summed E-state index contributed by atoms with van der Waals surface area (Å²) < 4.78 is 5.82. The van der Waals surface area contributed by atoms with Crippen LogP contribution in [0.2, 0.25) is 0 Å². The van der Waals surface area contributed by atoms with Gasteiger partial charge in [-0.05, 0) is 60.5 Å². The number of anilines is 1. The summed E-state index contributed by atoms with van der Waals surface area (Å²) in [5.41, 5.74) is 2.13. The minimum absolute atomic E-state index is 0.0868. The zero-order chi connectivity index (χ0) is 23.9. The number of thiophene rings is 1. The summed E-state index contributed by atoms with van der Waals surface area (Å²) in [6.45, 7) is 2.81. The molecule has 0 saturated carbocycles. The van der Waals surface area contributed by atoms with E-state index >= 15 is 0 Å². The number of hydrogen-bond acceptors (Lipinski definition) is 4. The summed E-state index contributed by atoms with van der Waals surface area (Å²) in [6.07, 6.45) is 0. The molecule has 0 aliphatic heterocycles. The van der Waals surface area contributed by atoms with Gasteiger partial charge in [-0.2, -0.15) is 0 Å². The summed E-state index contributed by atoms with van der Waals surface area (Å²) in [5.74, 6) is 0.334. The van der Waals surface area contributed by atoms with Crippen LogP contribution in [-0.2, 0) is 6.54 Å². The molecule has 0 aliphatic carbocycles. The first-order valence-corrected chi connectivity index (χ1v) is 11.7. The Bertz CT molecular complexity index is 1260. The van der Waals surface area contributed by atoms with E-state index in [0.717, 1.165) is 33.1 Å². The molecule has 0 unspecified atom stereocenters. The Balaban J connectivity index is 1.51. The average molecular weight is 473 g/mol. The van der Waals surface area contributed by atoms with Gasteiger partial charge in [-0.1, -0.05) is 48.5 Å². The molecule has 4 rings (SSSR count). The normalized spacial score (nSPS) is 10.5. The Hall–Kier alpha value is -4.10. The quantitative estimate of drug-likeness (QED) is 0.291. The molecule has 0 radical (unpaired) electrons. The van der Waals surface area contributed by atoms with Gasteiger partial charge in [-0.15, -0.1) is 11.3 Å². The van der Waals surface area contributed by atoms with Crippen molar-refractivity contribution in [2.24, 2.45) is 0 Å². The van der Waals surface area contributed by atoms with Gasteiger partial charge in [-0.25, -0.2) is 9.59 Å². The topological polar surface area (TPSA) is 78.9 Å². The highest BCUT2D eigenvalue weighted by atomic mass is 32.1. The number of hydrogen-bond donors (Lipinski definition) is 2. The number of aromatic carboxylic acids is 1. The summed E-state index contributed by atoms with van der Waals surface area (Å²) in [6, 6.07) is 27.9. The number of carbonyl (C=O) groups excluding carboxylic acids is 1. The Morgan fingerprint density at radius 1 is 0.912 bits per heavy atom. The second kappa shape index (κ2) is 10.7. The van der Waals surface area contributed by atoms with Crippen molar-refractivity contribution in [2.45, 2.75) is 13.5 Å². The maximum atomic E-state index is 12.9. The lowest BCUT2D eigenvalue weighted by Crippen LogP contribution is -2.34. The highest BCUT2D eigenvalue weighted by molar-refractivity contribution is 7.18. The SMILES string of the molecule is CCN(Cc1ccccc1)C(=O)Nc1cc(-c2ccc(Oc3ccccc3)cc2)sc1C(=O)O. The van der Waals surface area contributed by atoms with Gasteiger partial charge < -0.3 is 20.1 Å².